The lowest BCUT2D eigenvalue weighted by atomic mass is 9.99. The Kier molecular flexibility index (Phi) is 7.46. The summed E-state index contributed by atoms with van der Waals surface area (Å²) in [6.07, 6.45) is 11.6. The van der Waals surface area contributed by atoms with E-state index in [-0.39, 0.29) is 40.7 Å². The van der Waals surface area contributed by atoms with Crippen molar-refractivity contribution in [2.75, 3.05) is 18.9 Å². The number of nitrogen functional groups attached to an aromatic ring is 1. The monoisotopic (exact) mass is 585 g/mol. The second-order valence-electron chi connectivity index (χ2n) is 9.69. The number of H-pyrrole nitrogens is 1. The number of hydrogen-bond donors (Lipinski definition) is 6. The van der Waals surface area contributed by atoms with Crippen LogP contribution in [0.3, 0.4) is 0 Å². The Labute approximate surface area is 235 Å². The van der Waals surface area contributed by atoms with E-state index in [9.17, 15) is 34.0 Å². The van der Waals surface area contributed by atoms with Crippen molar-refractivity contribution in [1.82, 2.24) is 29.1 Å². The number of nitrogens with two attached hydrogens (primary N) is 1. The molecule has 2 fully saturated rings. The van der Waals surface area contributed by atoms with Gasteiger partial charge in [0, 0.05) is 25.2 Å². The number of nitrogens with one attached hydrogen (secondary N) is 1. The van der Waals surface area contributed by atoms with Gasteiger partial charge in [-0.3, -0.25) is 4.79 Å². The van der Waals surface area contributed by atoms with E-state index in [1.54, 1.807) is 0 Å². The van der Waals surface area contributed by atoms with E-state index in [0.29, 0.717) is 0 Å². The Morgan fingerprint density at radius 2 is 1.45 bits per heavy atom. The van der Waals surface area contributed by atoms with Gasteiger partial charge in [0.1, 0.15) is 42.2 Å². The average Bonchev–Trinajstić information content (AvgIpc) is 3.71. The van der Waals surface area contributed by atoms with Crippen LogP contribution in [-0.4, -0.2) is 86.1 Å². The average molecular weight is 586 g/mol. The zero-order valence-electron chi connectivity index (χ0n) is 21.7. The number of aromatic amines is 1. The van der Waals surface area contributed by atoms with Crippen molar-refractivity contribution in [3.8, 4) is 24.7 Å². The van der Waals surface area contributed by atoms with Crippen molar-refractivity contribution in [3.63, 3.8) is 0 Å². The highest BCUT2D eigenvalue weighted by Gasteiger charge is 2.49. The number of hydrogen-bond acceptors (Lipinski definition) is 11. The standard InChI is InChI=1S/C13H13FN4O3.C13H12FN3O4/c1-2-13(5-19)8(20)3-9(21-13)18-4-7(14)10-11(15)16-6-17-12(10)18;1-2-13(5-18)8(19)3-9(21-13)17-4-7(14)10-11(17)15-6-16-12(10)20/h1,4,6,8-9,19-20H,3,5H2,(H2,15,16,17);1,4,6,8-9,18-19H,3,5H2,(H,15,16,20)/t2*8-,9+,13+/m00/s1. The maximum absolute atomic E-state index is 14.0. The Hall–Kier alpha value is -4.42. The molecule has 0 radical (unpaired) electrons. The molecule has 6 atom stereocenters. The SMILES string of the molecule is C#C[C@]1(CO)O[C@@H](n2cc(F)c3c(=O)[nH]cnc32)C[C@@H]1O.C#C[C@]1(CO)O[C@@H](n2cc(F)c3c(N)ncnc32)C[C@@H]1O. The number of ether oxygens (including phenoxy) is 2. The van der Waals surface area contributed by atoms with E-state index in [0.717, 1.165) is 18.7 Å². The summed E-state index contributed by atoms with van der Waals surface area (Å²) in [5, 5.41) is 38.6. The van der Waals surface area contributed by atoms with Crippen molar-refractivity contribution in [3.05, 3.63) is 47.0 Å². The normalized spacial score (nSPS) is 28.9. The van der Waals surface area contributed by atoms with Crippen LogP contribution < -0.4 is 11.3 Å². The van der Waals surface area contributed by atoms with Crippen molar-refractivity contribution in [1.29, 1.82) is 0 Å². The molecule has 6 rings (SSSR count). The molecule has 220 valence electrons. The number of aromatic nitrogens is 6. The van der Waals surface area contributed by atoms with Crippen LogP contribution in [0.25, 0.3) is 22.1 Å². The van der Waals surface area contributed by atoms with Gasteiger partial charge in [-0.15, -0.1) is 12.8 Å². The Bertz CT molecular complexity index is 1790. The molecule has 14 nitrogen and oxygen atoms in total. The van der Waals surface area contributed by atoms with Gasteiger partial charge in [0.25, 0.3) is 5.56 Å². The Morgan fingerprint density at radius 1 is 0.952 bits per heavy atom. The minimum absolute atomic E-state index is 0.0140. The molecule has 2 aliphatic rings. The van der Waals surface area contributed by atoms with E-state index in [1.807, 2.05) is 0 Å². The van der Waals surface area contributed by atoms with Crippen molar-refractivity contribution in [2.45, 2.75) is 48.7 Å². The Balaban J connectivity index is 0.000000168. The van der Waals surface area contributed by atoms with Crippen LogP contribution >= 0.6 is 0 Å². The molecule has 0 spiro atoms. The van der Waals surface area contributed by atoms with Gasteiger partial charge >= 0.3 is 0 Å². The van der Waals surface area contributed by atoms with Gasteiger partial charge in [0.2, 0.25) is 0 Å². The van der Waals surface area contributed by atoms with E-state index in [4.69, 9.17) is 28.1 Å². The van der Waals surface area contributed by atoms with E-state index < -0.39 is 66.3 Å². The quantitative estimate of drug-likeness (QED) is 0.165. The fraction of sp³-hybridized carbons (Fsp3) is 0.385. The summed E-state index contributed by atoms with van der Waals surface area (Å²) >= 11 is 0. The molecule has 0 aromatic carbocycles. The lowest BCUT2D eigenvalue weighted by Gasteiger charge is -2.23. The van der Waals surface area contributed by atoms with Gasteiger partial charge in [-0.05, 0) is 0 Å². The first-order valence-electron chi connectivity index (χ1n) is 12.4. The maximum atomic E-state index is 14.0. The molecule has 4 aromatic rings. The van der Waals surface area contributed by atoms with Gasteiger partial charge in [-0.1, -0.05) is 11.8 Å². The third kappa shape index (κ3) is 4.47. The van der Waals surface area contributed by atoms with E-state index in [2.05, 4.69) is 31.8 Å². The molecule has 2 aliphatic heterocycles. The fourth-order valence-corrected chi connectivity index (χ4v) is 5.03. The van der Waals surface area contributed by atoms with Crippen molar-refractivity contribution in [2.24, 2.45) is 0 Å². The molecule has 0 bridgehead atoms. The third-order valence-electron chi connectivity index (χ3n) is 7.36. The number of rotatable bonds is 4. The van der Waals surface area contributed by atoms with E-state index in [1.165, 1.54) is 15.5 Å². The van der Waals surface area contributed by atoms with Crippen LogP contribution in [0.15, 0.2) is 29.8 Å². The summed E-state index contributed by atoms with van der Waals surface area (Å²) in [5.74, 6) is 3.15. The van der Waals surface area contributed by atoms with Crippen molar-refractivity contribution >= 4 is 27.9 Å². The van der Waals surface area contributed by atoms with Crippen LogP contribution in [0.1, 0.15) is 25.3 Å². The molecule has 0 unspecified atom stereocenters. The smallest absolute Gasteiger partial charge is 0.263 e. The van der Waals surface area contributed by atoms with E-state index >= 15 is 0 Å². The summed E-state index contributed by atoms with van der Waals surface area (Å²) in [4.78, 5) is 25.6. The first kappa shape index (κ1) is 29.1. The summed E-state index contributed by atoms with van der Waals surface area (Å²) in [6, 6.07) is 0. The minimum atomic E-state index is -1.54. The first-order chi connectivity index (χ1) is 20.0. The van der Waals surface area contributed by atoms with Crippen LogP contribution in [-0.2, 0) is 9.47 Å². The molecule has 7 N–H and O–H groups in total. The van der Waals surface area contributed by atoms with Crippen LogP contribution in [0.4, 0.5) is 14.6 Å². The zero-order chi connectivity index (χ0) is 30.4. The topological polar surface area (TPSA) is 207 Å². The van der Waals surface area contributed by atoms with Gasteiger partial charge in [-0.25, -0.2) is 23.7 Å². The first-order valence-corrected chi connectivity index (χ1v) is 12.4. The second kappa shape index (κ2) is 10.8. The number of fused-ring (bicyclic) bond motifs is 2. The molecule has 42 heavy (non-hydrogen) atoms. The molecule has 16 heteroatoms. The molecular formula is C26H25F2N7O7. The number of anilines is 1. The molecule has 0 amide bonds. The lowest BCUT2D eigenvalue weighted by molar-refractivity contribution is -0.0891. The number of nitrogens with zero attached hydrogens (tertiary/aromatic N) is 5. The number of aliphatic hydroxyl groups is 4. The molecule has 0 saturated carbocycles. The van der Waals surface area contributed by atoms with Gasteiger partial charge in [0.15, 0.2) is 34.1 Å². The van der Waals surface area contributed by atoms with Crippen LogP contribution in [0.5, 0.6) is 0 Å². The summed E-state index contributed by atoms with van der Waals surface area (Å²) in [6.45, 7) is -1.11. The van der Waals surface area contributed by atoms with Gasteiger partial charge < -0.3 is 49.8 Å². The minimum Gasteiger partial charge on any atom is -0.392 e. The molecule has 6 heterocycles. The van der Waals surface area contributed by atoms with Crippen molar-refractivity contribution < 1.29 is 38.7 Å². The predicted molar refractivity (Wildman–Crippen MR) is 141 cm³/mol. The van der Waals surface area contributed by atoms with Gasteiger partial charge in [0.05, 0.1) is 24.9 Å². The second-order valence-corrected chi connectivity index (χ2v) is 9.69. The number of aliphatic hydroxyl groups excluding tert-OH is 4. The third-order valence-corrected chi connectivity index (χ3v) is 7.36. The maximum Gasteiger partial charge on any atom is 0.263 e. The fourth-order valence-electron chi connectivity index (χ4n) is 5.03. The van der Waals surface area contributed by atoms with Gasteiger partial charge in [-0.2, -0.15) is 0 Å². The largest absolute Gasteiger partial charge is 0.392 e. The number of terminal acetylenes is 2. The molecule has 4 aromatic heterocycles. The summed E-state index contributed by atoms with van der Waals surface area (Å²) < 4.78 is 41.6. The molecule has 2 saturated heterocycles. The highest BCUT2D eigenvalue weighted by atomic mass is 19.1. The lowest BCUT2D eigenvalue weighted by Crippen LogP contribution is -2.41. The highest BCUT2D eigenvalue weighted by molar-refractivity contribution is 5.86. The van der Waals surface area contributed by atoms with Crippen LogP contribution in [0, 0.1) is 36.3 Å². The molecule has 0 aliphatic carbocycles. The predicted octanol–water partition coefficient (Wildman–Crippen LogP) is -0.695. The summed E-state index contributed by atoms with van der Waals surface area (Å²) in [7, 11) is 0. The molecular weight excluding hydrogens is 560 g/mol. The number of halogens is 2. The highest BCUT2D eigenvalue weighted by Crippen LogP contribution is 2.39. The van der Waals surface area contributed by atoms with Crippen LogP contribution in [0.2, 0.25) is 0 Å². The Morgan fingerprint density at radius 3 is 1.93 bits per heavy atom. The zero-order valence-corrected chi connectivity index (χ0v) is 21.7. The summed E-state index contributed by atoms with van der Waals surface area (Å²) in [5.41, 5.74) is 2.30.